The molecule has 0 atom stereocenters. The summed E-state index contributed by atoms with van der Waals surface area (Å²) in [7, 11) is 0. The number of hydrogen-bond acceptors (Lipinski definition) is 6. The fraction of sp³-hybridized carbons (Fsp3) is 0.240. The van der Waals surface area contributed by atoms with Crippen molar-refractivity contribution >= 4 is 31.5 Å². The van der Waals surface area contributed by atoms with Crippen LogP contribution in [0.4, 0.5) is 0 Å². The van der Waals surface area contributed by atoms with Crippen molar-refractivity contribution in [2.75, 3.05) is 13.2 Å². The van der Waals surface area contributed by atoms with Gasteiger partial charge in [0.2, 0.25) is 0 Å². The Labute approximate surface area is 184 Å². The van der Waals surface area contributed by atoms with E-state index in [9.17, 15) is 15.0 Å². The first kappa shape index (κ1) is 21.5. The minimum absolute atomic E-state index is 0.00364. The van der Waals surface area contributed by atoms with Crippen LogP contribution in [0.3, 0.4) is 0 Å². The van der Waals surface area contributed by atoms with Gasteiger partial charge in [-0.2, -0.15) is 0 Å². The number of hydrogen-bond donors (Lipinski definition) is 3. The van der Waals surface area contributed by atoms with Crippen molar-refractivity contribution in [2.45, 2.75) is 25.3 Å². The molecule has 6 heteroatoms. The van der Waals surface area contributed by atoms with E-state index in [0.717, 1.165) is 26.3 Å². The Bertz CT molecular complexity index is 1280. The normalized spacial score (nSPS) is 11.9. The Hall–Kier alpha value is -2.77. The molecular weight excluding hydrogens is 410 g/mol. The van der Waals surface area contributed by atoms with Crippen LogP contribution in [0.15, 0.2) is 65.5 Å². The predicted octanol–water partition coefficient (Wildman–Crippen LogP) is 4.13. The van der Waals surface area contributed by atoms with E-state index in [1.54, 1.807) is 11.3 Å². The minimum Gasteiger partial charge on any atom is -0.457 e. The van der Waals surface area contributed by atoms with Crippen molar-refractivity contribution in [1.29, 1.82) is 0 Å². The van der Waals surface area contributed by atoms with Crippen molar-refractivity contribution in [1.82, 2.24) is 0 Å². The number of aryl methyl sites for hydroxylation is 2. The molecule has 5 nitrogen and oxygen atoms in total. The Kier molecular flexibility index (Phi) is 6.07. The van der Waals surface area contributed by atoms with Gasteiger partial charge in [-0.3, -0.25) is 4.79 Å². The molecule has 160 valence electrons. The lowest BCUT2D eigenvalue weighted by Crippen LogP contribution is -2.47. The van der Waals surface area contributed by atoms with E-state index in [4.69, 9.17) is 10.5 Å². The molecule has 4 rings (SSSR count). The first-order chi connectivity index (χ1) is 14.9. The molecule has 0 radical (unpaired) electrons. The van der Waals surface area contributed by atoms with Crippen molar-refractivity contribution in [3.63, 3.8) is 0 Å². The molecule has 3 aromatic carbocycles. The van der Waals surface area contributed by atoms with Crippen LogP contribution in [-0.4, -0.2) is 29.0 Å². The summed E-state index contributed by atoms with van der Waals surface area (Å²) in [5.41, 5.74) is 7.14. The molecule has 1 aromatic heterocycles. The zero-order valence-electron chi connectivity index (χ0n) is 17.3. The lowest BCUT2D eigenvalue weighted by Gasteiger charge is -2.24. The maximum atomic E-state index is 13.0. The average Bonchev–Trinajstić information content (AvgIpc) is 2.79. The Balaban J connectivity index is 1.67. The monoisotopic (exact) mass is 435 g/mol. The fourth-order valence-corrected chi connectivity index (χ4v) is 4.60. The summed E-state index contributed by atoms with van der Waals surface area (Å²) in [6.45, 7) is 1.47. The van der Waals surface area contributed by atoms with Gasteiger partial charge < -0.3 is 20.7 Å². The van der Waals surface area contributed by atoms with Gasteiger partial charge in [0.15, 0.2) is 5.43 Å². The number of nitrogens with two attached hydrogens (primary N) is 1. The van der Waals surface area contributed by atoms with Crippen LogP contribution in [0.5, 0.6) is 11.5 Å². The maximum absolute atomic E-state index is 13.0. The first-order valence-corrected chi connectivity index (χ1v) is 11.0. The van der Waals surface area contributed by atoms with Crippen LogP contribution in [0.2, 0.25) is 0 Å². The number of rotatable bonds is 7. The summed E-state index contributed by atoms with van der Waals surface area (Å²) in [6.07, 6.45) is 1.05. The molecule has 0 bridgehead atoms. The van der Waals surface area contributed by atoms with Crippen molar-refractivity contribution in [2.24, 2.45) is 5.73 Å². The summed E-state index contributed by atoms with van der Waals surface area (Å²) >= 11 is 1.54. The quantitative estimate of drug-likeness (QED) is 0.380. The van der Waals surface area contributed by atoms with E-state index < -0.39 is 5.54 Å². The maximum Gasteiger partial charge on any atom is 0.195 e. The minimum atomic E-state index is -1.01. The Morgan fingerprint density at radius 2 is 1.52 bits per heavy atom. The summed E-state index contributed by atoms with van der Waals surface area (Å²) in [4.78, 5) is 13.0. The van der Waals surface area contributed by atoms with Crippen LogP contribution in [-0.2, 0) is 6.42 Å². The SMILES string of the molecule is Cc1ccc(Oc2ccc3c(=O)c4ccc(CCC(N)(CO)CO)cc4sc3c2)cc1. The number of benzene rings is 3. The molecule has 0 aliphatic rings. The highest BCUT2D eigenvalue weighted by atomic mass is 32.1. The van der Waals surface area contributed by atoms with Gasteiger partial charge in [-0.1, -0.05) is 23.8 Å². The zero-order valence-corrected chi connectivity index (χ0v) is 18.1. The summed E-state index contributed by atoms with van der Waals surface area (Å²) < 4.78 is 7.71. The fourth-order valence-electron chi connectivity index (χ4n) is 3.44. The molecule has 0 aliphatic heterocycles. The third-order valence-corrected chi connectivity index (χ3v) is 6.62. The highest BCUT2D eigenvalue weighted by Crippen LogP contribution is 2.31. The number of aliphatic hydroxyl groups excluding tert-OH is 2. The second-order valence-corrected chi connectivity index (χ2v) is 9.10. The van der Waals surface area contributed by atoms with Gasteiger partial charge in [-0.05, 0) is 67.8 Å². The molecule has 0 spiro atoms. The van der Waals surface area contributed by atoms with Crippen LogP contribution in [0.25, 0.3) is 20.2 Å². The van der Waals surface area contributed by atoms with E-state index >= 15 is 0 Å². The molecule has 0 amide bonds. The van der Waals surface area contributed by atoms with Gasteiger partial charge in [0.05, 0.1) is 18.8 Å². The first-order valence-electron chi connectivity index (χ1n) is 10.2. The average molecular weight is 436 g/mol. The number of fused-ring (bicyclic) bond motifs is 2. The van der Waals surface area contributed by atoms with Gasteiger partial charge in [0, 0.05) is 20.2 Å². The lowest BCUT2D eigenvalue weighted by molar-refractivity contribution is 0.115. The van der Waals surface area contributed by atoms with E-state index in [1.807, 2.05) is 67.6 Å². The summed E-state index contributed by atoms with van der Waals surface area (Å²) in [5, 5.41) is 20.1. The predicted molar refractivity (Wildman–Crippen MR) is 126 cm³/mol. The standard InChI is InChI=1S/C25H25NO4S/c1-16-2-5-18(6-3-16)30-19-7-9-21-23(13-19)31-22-12-17(4-8-20(22)24(21)29)10-11-25(26,14-27)15-28/h2-9,12-13,27-28H,10-11,14-15,26H2,1H3. The third kappa shape index (κ3) is 4.62. The highest BCUT2D eigenvalue weighted by Gasteiger charge is 2.22. The van der Waals surface area contributed by atoms with Crippen molar-refractivity contribution < 1.29 is 14.9 Å². The second kappa shape index (κ2) is 8.77. The molecular formula is C25H25NO4S. The molecule has 4 N–H and O–H groups in total. The lowest BCUT2D eigenvalue weighted by atomic mass is 9.94. The van der Waals surface area contributed by atoms with Gasteiger partial charge in [0.1, 0.15) is 11.5 Å². The molecule has 31 heavy (non-hydrogen) atoms. The molecule has 0 saturated carbocycles. The van der Waals surface area contributed by atoms with Crippen molar-refractivity contribution in [3.05, 3.63) is 82.0 Å². The molecule has 0 saturated heterocycles. The van der Waals surface area contributed by atoms with E-state index in [1.165, 1.54) is 0 Å². The van der Waals surface area contributed by atoms with Gasteiger partial charge in [-0.15, -0.1) is 11.3 Å². The summed E-state index contributed by atoms with van der Waals surface area (Å²) in [5.74, 6) is 1.43. The number of ether oxygens (including phenoxy) is 1. The van der Waals surface area contributed by atoms with Crippen LogP contribution in [0, 0.1) is 6.92 Å². The Morgan fingerprint density at radius 3 is 2.19 bits per heavy atom. The largest absolute Gasteiger partial charge is 0.457 e. The molecule has 1 heterocycles. The smallest absolute Gasteiger partial charge is 0.195 e. The molecule has 0 unspecified atom stereocenters. The third-order valence-electron chi connectivity index (χ3n) is 5.51. The van der Waals surface area contributed by atoms with Crippen LogP contribution in [0.1, 0.15) is 17.5 Å². The molecule has 4 aromatic rings. The van der Waals surface area contributed by atoms with Crippen LogP contribution >= 0.6 is 11.3 Å². The van der Waals surface area contributed by atoms with E-state index in [0.29, 0.717) is 29.4 Å². The topological polar surface area (TPSA) is 92.8 Å². The Morgan fingerprint density at radius 1 is 0.903 bits per heavy atom. The van der Waals surface area contributed by atoms with Crippen LogP contribution < -0.4 is 15.9 Å². The van der Waals surface area contributed by atoms with Gasteiger partial charge >= 0.3 is 0 Å². The highest BCUT2D eigenvalue weighted by molar-refractivity contribution is 7.24. The van der Waals surface area contributed by atoms with E-state index in [2.05, 4.69) is 0 Å². The van der Waals surface area contributed by atoms with Gasteiger partial charge in [0.25, 0.3) is 0 Å². The number of aliphatic hydroxyl groups is 2. The molecule has 0 fully saturated rings. The zero-order chi connectivity index (χ0) is 22.0. The summed E-state index contributed by atoms with van der Waals surface area (Å²) in [6, 6.07) is 19.1. The van der Waals surface area contributed by atoms with Crippen molar-refractivity contribution in [3.8, 4) is 11.5 Å². The second-order valence-electron chi connectivity index (χ2n) is 8.01. The molecule has 0 aliphatic carbocycles. The van der Waals surface area contributed by atoms with E-state index in [-0.39, 0.29) is 18.6 Å². The van der Waals surface area contributed by atoms with Gasteiger partial charge in [-0.25, -0.2) is 0 Å².